The highest BCUT2D eigenvalue weighted by molar-refractivity contribution is 7.10. The number of nitrogens with two attached hydrogens (primary N) is 1. The number of methoxy groups -OCH3 is 1. The van der Waals surface area contributed by atoms with E-state index in [2.05, 4.69) is 16.8 Å². The molecule has 1 atom stereocenters. The van der Waals surface area contributed by atoms with Crippen LogP contribution >= 0.6 is 11.3 Å². The monoisotopic (exact) mass is 302 g/mol. The van der Waals surface area contributed by atoms with Gasteiger partial charge in [-0.15, -0.1) is 11.3 Å². The van der Waals surface area contributed by atoms with Crippen LogP contribution in [0.5, 0.6) is 5.75 Å². The first-order chi connectivity index (χ1) is 10.2. The zero-order valence-corrected chi connectivity index (χ0v) is 12.7. The fourth-order valence-electron chi connectivity index (χ4n) is 2.73. The molecule has 3 N–H and O–H groups in total. The molecule has 1 unspecified atom stereocenters. The van der Waals surface area contributed by atoms with E-state index in [1.807, 2.05) is 0 Å². The number of rotatable bonds is 3. The highest BCUT2D eigenvalue weighted by atomic mass is 32.1. The minimum atomic E-state index is -0.143. The maximum atomic E-state index is 12.5. The number of fused-ring (bicyclic) bond motifs is 1. The molecule has 0 fully saturated rings. The summed E-state index contributed by atoms with van der Waals surface area (Å²) in [7, 11) is 1.58. The Morgan fingerprint density at radius 2 is 2.29 bits per heavy atom. The highest BCUT2D eigenvalue weighted by Crippen LogP contribution is 2.33. The summed E-state index contributed by atoms with van der Waals surface area (Å²) < 4.78 is 5.16. The predicted octanol–water partition coefficient (Wildman–Crippen LogP) is 3.15. The number of hydrogen-bond acceptors (Lipinski definition) is 4. The van der Waals surface area contributed by atoms with Gasteiger partial charge in [0.05, 0.1) is 18.7 Å². The molecule has 0 saturated carbocycles. The van der Waals surface area contributed by atoms with E-state index in [4.69, 9.17) is 10.5 Å². The van der Waals surface area contributed by atoms with Gasteiger partial charge in [0.2, 0.25) is 0 Å². The Morgan fingerprint density at radius 3 is 3.10 bits per heavy atom. The number of ether oxygens (including phenoxy) is 1. The van der Waals surface area contributed by atoms with Gasteiger partial charge in [0.15, 0.2) is 0 Å². The van der Waals surface area contributed by atoms with Crippen molar-refractivity contribution in [1.82, 2.24) is 5.32 Å². The summed E-state index contributed by atoms with van der Waals surface area (Å²) in [5, 5.41) is 5.19. The molecule has 1 aliphatic rings. The Kier molecular flexibility index (Phi) is 3.84. The molecule has 1 aromatic carbocycles. The van der Waals surface area contributed by atoms with E-state index in [0.29, 0.717) is 17.0 Å². The maximum absolute atomic E-state index is 12.5. The second-order valence-electron chi connectivity index (χ2n) is 5.17. The van der Waals surface area contributed by atoms with E-state index in [1.165, 1.54) is 10.4 Å². The van der Waals surface area contributed by atoms with Gasteiger partial charge in [-0.3, -0.25) is 4.79 Å². The van der Waals surface area contributed by atoms with Crippen molar-refractivity contribution in [3.8, 4) is 5.75 Å². The Labute approximate surface area is 127 Å². The summed E-state index contributed by atoms with van der Waals surface area (Å²) >= 11 is 1.77. The van der Waals surface area contributed by atoms with Crippen molar-refractivity contribution in [2.45, 2.75) is 25.3 Å². The third kappa shape index (κ3) is 2.74. The standard InChI is InChI=1S/C16H18N2O2S/c1-20-10-5-6-13(17)12(9-10)16(19)18-14-3-2-4-15-11(14)7-8-21-15/h5-9,14H,2-4,17H2,1H3,(H,18,19). The lowest BCUT2D eigenvalue weighted by Gasteiger charge is -2.24. The Morgan fingerprint density at radius 1 is 1.43 bits per heavy atom. The molecule has 0 aliphatic heterocycles. The van der Waals surface area contributed by atoms with E-state index in [-0.39, 0.29) is 11.9 Å². The molecular weight excluding hydrogens is 284 g/mol. The summed E-state index contributed by atoms with van der Waals surface area (Å²) in [6.07, 6.45) is 3.19. The average Bonchev–Trinajstić information content (AvgIpc) is 2.97. The lowest BCUT2D eigenvalue weighted by Crippen LogP contribution is -2.30. The zero-order chi connectivity index (χ0) is 14.8. The van der Waals surface area contributed by atoms with Gasteiger partial charge >= 0.3 is 0 Å². The van der Waals surface area contributed by atoms with E-state index < -0.39 is 0 Å². The van der Waals surface area contributed by atoms with E-state index >= 15 is 0 Å². The summed E-state index contributed by atoms with van der Waals surface area (Å²) in [4.78, 5) is 13.9. The van der Waals surface area contributed by atoms with Gasteiger partial charge in [-0.25, -0.2) is 0 Å². The number of thiophene rings is 1. The van der Waals surface area contributed by atoms with Crippen LogP contribution in [0.15, 0.2) is 29.6 Å². The van der Waals surface area contributed by atoms with Crippen molar-refractivity contribution in [1.29, 1.82) is 0 Å². The second-order valence-corrected chi connectivity index (χ2v) is 6.17. The van der Waals surface area contributed by atoms with Crippen molar-refractivity contribution >= 4 is 22.9 Å². The third-order valence-corrected chi connectivity index (χ3v) is 4.86. The molecule has 0 bridgehead atoms. The molecule has 2 aromatic rings. The molecule has 0 spiro atoms. The van der Waals surface area contributed by atoms with Crippen LogP contribution in [0.4, 0.5) is 5.69 Å². The van der Waals surface area contributed by atoms with Gasteiger partial charge in [-0.1, -0.05) is 0 Å². The van der Waals surface area contributed by atoms with Crippen molar-refractivity contribution in [2.24, 2.45) is 0 Å². The Balaban J connectivity index is 1.82. The van der Waals surface area contributed by atoms with Crippen molar-refractivity contribution in [3.05, 3.63) is 45.6 Å². The number of carbonyl (C=O) groups is 1. The van der Waals surface area contributed by atoms with Gasteiger partial charge < -0.3 is 15.8 Å². The van der Waals surface area contributed by atoms with Crippen LogP contribution in [0.2, 0.25) is 0 Å². The van der Waals surface area contributed by atoms with Crippen molar-refractivity contribution in [2.75, 3.05) is 12.8 Å². The SMILES string of the molecule is COc1ccc(N)c(C(=O)NC2CCCc3sccc32)c1. The predicted molar refractivity (Wildman–Crippen MR) is 84.9 cm³/mol. The maximum Gasteiger partial charge on any atom is 0.253 e. The lowest BCUT2D eigenvalue weighted by molar-refractivity contribution is 0.0933. The van der Waals surface area contributed by atoms with Gasteiger partial charge in [0.1, 0.15) is 5.75 Å². The van der Waals surface area contributed by atoms with Crippen LogP contribution < -0.4 is 15.8 Å². The number of nitrogen functional groups attached to an aromatic ring is 1. The Bertz CT molecular complexity index is 666. The minimum absolute atomic E-state index is 0.0816. The number of anilines is 1. The normalized spacial score (nSPS) is 17.1. The van der Waals surface area contributed by atoms with Gasteiger partial charge in [0, 0.05) is 10.6 Å². The molecule has 4 nitrogen and oxygen atoms in total. The molecule has 1 aliphatic carbocycles. The third-order valence-electron chi connectivity index (χ3n) is 3.86. The molecule has 1 heterocycles. The first-order valence-corrected chi connectivity index (χ1v) is 7.87. The van der Waals surface area contributed by atoms with Crippen molar-refractivity contribution < 1.29 is 9.53 Å². The largest absolute Gasteiger partial charge is 0.497 e. The first-order valence-electron chi connectivity index (χ1n) is 6.99. The van der Waals surface area contributed by atoms with Gasteiger partial charge in [-0.05, 0) is 54.5 Å². The van der Waals surface area contributed by atoms with Crippen LogP contribution in [-0.4, -0.2) is 13.0 Å². The number of benzene rings is 1. The van der Waals surface area contributed by atoms with Crippen molar-refractivity contribution in [3.63, 3.8) is 0 Å². The van der Waals surface area contributed by atoms with Crippen LogP contribution in [0.25, 0.3) is 0 Å². The molecule has 110 valence electrons. The molecule has 1 aromatic heterocycles. The van der Waals surface area contributed by atoms with Crippen LogP contribution in [0.1, 0.15) is 39.7 Å². The molecule has 0 radical (unpaired) electrons. The zero-order valence-electron chi connectivity index (χ0n) is 11.9. The van der Waals surface area contributed by atoms with E-state index in [9.17, 15) is 4.79 Å². The summed E-state index contributed by atoms with van der Waals surface area (Å²) in [5.41, 5.74) is 8.10. The number of aryl methyl sites for hydroxylation is 1. The summed E-state index contributed by atoms with van der Waals surface area (Å²) in [6.45, 7) is 0. The van der Waals surface area contributed by atoms with Crippen LogP contribution in [-0.2, 0) is 6.42 Å². The van der Waals surface area contributed by atoms with Gasteiger partial charge in [-0.2, -0.15) is 0 Å². The fourth-order valence-corrected chi connectivity index (χ4v) is 3.72. The quantitative estimate of drug-likeness (QED) is 0.856. The molecular formula is C16H18N2O2S. The lowest BCUT2D eigenvalue weighted by atomic mass is 9.93. The van der Waals surface area contributed by atoms with Gasteiger partial charge in [0.25, 0.3) is 5.91 Å². The molecule has 5 heteroatoms. The number of carbonyl (C=O) groups excluding carboxylic acids is 1. The number of hydrogen-bond donors (Lipinski definition) is 2. The topological polar surface area (TPSA) is 64.3 Å². The average molecular weight is 302 g/mol. The van der Waals surface area contributed by atoms with E-state index in [0.717, 1.165) is 19.3 Å². The van der Waals surface area contributed by atoms with E-state index in [1.54, 1.807) is 36.6 Å². The van der Waals surface area contributed by atoms with Crippen LogP contribution in [0, 0.1) is 0 Å². The number of nitrogens with one attached hydrogen (secondary N) is 1. The second kappa shape index (κ2) is 5.77. The minimum Gasteiger partial charge on any atom is -0.497 e. The Hall–Kier alpha value is -2.01. The fraction of sp³-hybridized carbons (Fsp3) is 0.312. The first kappa shape index (κ1) is 13.9. The smallest absolute Gasteiger partial charge is 0.253 e. The summed E-state index contributed by atoms with van der Waals surface area (Å²) in [5.74, 6) is 0.490. The summed E-state index contributed by atoms with van der Waals surface area (Å²) in [6, 6.07) is 7.33. The molecule has 0 saturated heterocycles. The van der Waals surface area contributed by atoms with Crippen LogP contribution in [0.3, 0.4) is 0 Å². The number of amides is 1. The molecule has 1 amide bonds. The molecule has 21 heavy (non-hydrogen) atoms. The molecule has 3 rings (SSSR count). The highest BCUT2D eigenvalue weighted by Gasteiger charge is 2.23.